The van der Waals surface area contributed by atoms with Crippen molar-refractivity contribution in [1.29, 1.82) is 0 Å². The standard InChI is InChI=1S/C36H33N3O5S2/c1-22(2)18-19-44-28-12-7-10-25(20-28)31-30(32(40)24-14-16-27(43-3)17-15-24)33(41)34(42)39(31)35-37-38-36(46-35)45-21-26-11-6-9-23-8-4-5-13-29(23)26/h4-17,20,22,31,40H,18-19,21H2,1-3H3. The Bertz CT molecular complexity index is 1910. The highest BCUT2D eigenvalue weighted by Gasteiger charge is 2.48. The molecule has 8 nitrogen and oxygen atoms in total. The fourth-order valence-corrected chi connectivity index (χ4v) is 7.22. The molecule has 6 rings (SSSR count). The summed E-state index contributed by atoms with van der Waals surface area (Å²) in [5.74, 6) is 0.474. The maximum Gasteiger partial charge on any atom is 0.301 e. The number of carbonyl (C=O) groups is 2. The number of Topliss-reactive ketones (excluding diaryl/α,β-unsaturated/α-hetero) is 1. The normalized spacial score (nSPS) is 16.0. The zero-order valence-corrected chi connectivity index (χ0v) is 27.3. The molecule has 1 fully saturated rings. The van der Waals surface area contributed by atoms with Gasteiger partial charge in [0, 0.05) is 11.3 Å². The second-order valence-corrected chi connectivity index (χ2v) is 13.5. The van der Waals surface area contributed by atoms with E-state index in [0.29, 0.717) is 45.2 Å². The summed E-state index contributed by atoms with van der Waals surface area (Å²) in [4.78, 5) is 28.7. The van der Waals surface area contributed by atoms with Gasteiger partial charge in [-0.05, 0) is 70.6 Å². The van der Waals surface area contributed by atoms with Crippen LogP contribution in [0.3, 0.4) is 0 Å². The van der Waals surface area contributed by atoms with Crippen LogP contribution in [-0.2, 0) is 15.3 Å². The molecule has 0 saturated carbocycles. The molecule has 46 heavy (non-hydrogen) atoms. The predicted octanol–water partition coefficient (Wildman–Crippen LogP) is 8.04. The van der Waals surface area contributed by atoms with E-state index in [1.165, 1.54) is 33.4 Å². The van der Waals surface area contributed by atoms with Crippen molar-refractivity contribution in [2.24, 2.45) is 5.92 Å². The van der Waals surface area contributed by atoms with E-state index in [-0.39, 0.29) is 16.5 Å². The highest BCUT2D eigenvalue weighted by atomic mass is 32.2. The minimum atomic E-state index is -0.945. The lowest BCUT2D eigenvalue weighted by Gasteiger charge is -2.23. The number of carbonyl (C=O) groups excluding carboxylic acids is 2. The molecule has 0 spiro atoms. The number of aliphatic hydroxyl groups excluding tert-OH is 1. The first-order valence-corrected chi connectivity index (χ1v) is 16.8. The second kappa shape index (κ2) is 13.8. The maximum atomic E-state index is 13.7. The lowest BCUT2D eigenvalue weighted by Crippen LogP contribution is -2.29. The number of ketones is 1. The molecule has 1 unspecified atom stereocenters. The monoisotopic (exact) mass is 651 g/mol. The lowest BCUT2D eigenvalue weighted by atomic mass is 9.95. The number of hydrogen-bond donors (Lipinski definition) is 1. The smallest absolute Gasteiger partial charge is 0.301 e. The predicted molar refractivity (Wildman–Crippen MR) is 183 cm³/mol. The van der Waals surface area contributed by atoms with E-state index in [0.717, 1.165) is 17.4 Å². The molecule has 1 aliphatic heterocycles. The Morgan fingerprint density at radius 2 is 1.72 bits per heavy atom. The Balaban J connectivity index is 1.36. The number of fused-ring (bicyclic) bond motifs is 1. The first kappa shape index (κ1) is 31.3. The summed E-state index contributed by atoms with van der Waals surface area (Å²) in [5.41, 5.74) is 2.12. The summed E-state index contributed by atoms with van der Waals surface area (Å²) in [6.07, 6.45) is 0.879. The molecule has 1 aliphatic rings. The highest BCUT2D eigenvalue weighted by molar-refractivity contribution is 8.00. The lowest BCUT2D eigenvalue weighted by molar-refractivity contribution is -0.132. The SMILES string of the molecule is COc1ccc(C(O)=C2C(=O)C(=O)N(c3nnc(SCc4cccc5ccccc45)s3)C2c2cccc(OCCC(C)C)c2)cc1. The molecule has 234 valence electrons. The van der Waals surface area contributed by atoms with Crippen molar-refractivity contribution in [3.8, 4) is 11.5 Å². The molecule has 1 saturated heterocycles. The van der Waals surface area contributed by atoms with Gasteiger partial charge < -0.3 is 14.6 Å². The van der Waals surface area contributed by atoms with Crippen LogP contribution in [0.5, 0.6) is 11.5 Å². The number of rotatable bonds is 11. The van der Waals surface area contributed by atoms with E-state index in [1.807, 2.05) is 42.5 Å². The van der Waals surface area contributed by atoms with Gasteiger partial charge in [-0.15, -0.1) is 10.2 Å². The Labute approximate surface area is 275 Å². The molecule has 0 bridgehead atoms. The third kappa shape index (κ3) is 6.49. The Hall–Kier alpha value is -4.67. The summed E-state index contributed by atoms with van der Waals surface area (Å²) in [7, 11) is 1.55. The van der Waals surface area contributed by atoms with Crippen LogP contribution in [0.25, 0.3) is 16.5 Å². The average Bonchev–Trinajstić information content (AvgIpc) is 3.65. The summed E-state index contributed by atoms with van der Waals surface area (Å²) in [6, 6.07) is 27.4. The van der Waals surface area contributed by atoms with Crippen molar-refractivity contribution >= 4 is 56.5 Å². The van der Waals surface area contributed by atoms with Gasteiger partial charge in [0.15, 0.2) is 4.34 Å². The molecule has 0 radical (unpaired) electrons. The van der Waals surface area contributed by atoms with Crippen molar-refractivity contribution in [2.45, 2.75) is 36.4 Å². The van der Waals surface area contributed by atoms with Gasteiger partial charge in [0.2, 0.25) is 5.13 Å². The third-order valence-electron chi connectivity index (χ3n) is 7.78. The summed E-state index contributed by atoms with van der Waals surface area (Å²) < 4.78 is 11.9. The zero-order valence-electron chi connectivity index (χ0n) is 25.7. The average molecular weight is 652 g/mol. The molecule has 1 N–H and O–H groups in total. The van der Waals surface area contributed by atoms with Gasteiger partial charge in [0.05, 0.1) is 25.3 Å². The van der Waals surface area contributed by atoms with Crippen LogP contribution < -0.4 is 14.4 Å². The van der Waals surface area contributed by atoms with Crippen molar-refractivity contribution in [3.63, 3.8) is 0 Å². The van der Waals surface area contributed by atoms with Gasteiger partial charge in [0.25, 0.3) is 5.78 Å². The third-order valence-corrected chi connectivity index (χ3v) is 9.88. The number of nitrogens with zero attached hydrogens (tertiary/aromatic N) is 3. The Morgan fingerprint density at radius 3 is 2.50 bits per heavy atom. The number of hydrogen-bond acceptors (Lipinski definition) is 9. The zero-order chi connectivity index (χ0) is 32.2. The van der Waals surface area contributed by atoms with Crippen LogP contribution in [0.15, 0.2) is 101 Å². The number of methoxy groups -OCH3 is 1. The van der Waals surface area contributed by atoms with E-state index in [4.69, 9.17) is 9.47 Å². The number of benzene rings is 4. The van der Waals surface area contributed by atoms with Gasteiger partial charge in [-0.2, -0.15) is 0 Å². The minimum absolute atomic E-state index is 0.0327. The van der Waals surface area contributed by atoms with Crippen molar-refractivity contribution in [1.82, 2.24) is 10.2 Å². The summed E-state index contributed by atoms with van der Waals surface area (Å²) >= 11 is 2.75. The van der Waals surface area contributed by atoms with E-state index >= 15 is 0 Å². The Morgan fingerprint density at radius 1 is 0.957 bits per heavy atom. The molecule has 1 atom stereocenters. The number of aliphatic hydroxyl groups is 1. The maximum absolute atomic E-state index is 13.7. The molecule has 1 amide bonds. The first-order chi connectivity index (χ1) is 22.3. The van der Waals surface area contributed by atoms with Crippen LogP contribution >= 0.6 is 23.1 Å². The molecule has 1 aromatic heterocycles. The number of amides is 1. The fraction of sp³-hybridized carbons (Fsp3) is 0.222. The van der Waals surface area contributed by atoms with Gasteiger partial charge in [0.1, 0.15) is 17.3 Å². The van der Waals surface area contributed by atoms with Gasteiger partial charge in [-0.3, -0.25) is 14.5 Å². The van der Waals surface area contributed by atoms with E-state index < -0.39 is 17.7 Å². The van der Waals surface area contributed by atoms with Crippen LogP contribution in [0.4, 0.5) is 5.13 Å². The Kier molecular flexibility index (Phi) is 9.37. The number of aromatic nitrogens is 2. The van der Waals surface area contributed by atoms with Crippen molar-refractivity contribution in [3.05, 3.63) is 113 Å². The van der Waals surface area contributed by atoms with Crippen LogP contribution in [0.2, 0.25) is 0 Å². The fourth-order valence-electron chi connectivity index (χ4n) is 5.35. The molecule has 10 heteroatoms. The van der Waals surface area contributed by atoms with E-state index in [1.54, 1.807) is 31.4 Å². The van der Waals surface area contributed by atoms with Crippen molar-refractivity contribution in [2.75, 3.05) is 18.6 Å². The summed E-state index contributed by atoms with van der Waals surface area (Å²) in [6.45, 7) is 4.78. The molecule has 2 heterocycles. The van der Waals surface area contributed by atoms with E-state index in [2.05, 4.69) is 48.3 Å². The minimum Gasteiger partial charge on any atom is -0.507 e. The molecule has 0 aliphatic carbocycles. The van der Waals surface area contributed by atoms with Crippen LogP contribution in [0, 0.1) is 5.92 Å². The molecular weight excluding hydrogens is 619 g/mol. The van der Waals surface area contributed by atoms with Gasteiger partial charge >= 0.3 is 5.91 Å². The molecule has 5 aromatic rings. The number of ether oxygens (including phenoxy) is 2. The quantitative estimate of drug-likeness (QED) is 0.0504. The second-order valence-electron chi connectivity index (χ2n) is 11.3. The van der Waals surface area contributed by atoms with E-state index in [9.17, 15) is 14.7 Å². The van der Waals surface area contributed by atoms with Gasteiger partial charge in [-0.1, -0.05) is 91.5 Å². The van der Waals surface area contributed by atoms with Crippen LogP contribution in [-0.4, -0.2) is 40.7 Å². The summed E-state index contributed by atoms with van der Waals surface area (Å²) in [5, 5.41) is 22.9. The molecular formula is C36H33N3O5S2. The van der Waals surface area contributed by atoms with Gasteiger partial charge in [-0.25, -0.2) is 0 Å². The molecule has 4 aromatic carbocycles. The number of anilines is 1. The topological polar surface area (TPSA) is 102 Å². The van der Waals surface area contributed by atoms with Crippen molar-refractivity contribution < 1.29 is 24.2 Å². The highest BCUT2D eigenvalue weighted by Crippen LogP contribution is 2.45. The van der Waals surface area contributed by atoms with Crippen LogP contribution in [0.1, 0.15) is 43.0 Å². The largest absolute Gasteiger partial charge is 0.507 e. The first-order valence-electron chi connectivity index (χ1n) is 14.9. The number of thioether (sulfide) groups is 1.